The van der Waals surface area contributed by atoms with Crippen LogP contribution in [-0.4, -0.2) is 33.2 Å². The van der Waals surface area contributed by atoms with Gasteiger partial charge >= 0.3 is 5.76 Å². The van der Waals surface area contributed by atoms with E-state index in [0.717, 1.165) is 42.8 Å². The Balaban J connectivity index is 0.00000280. The maximum absolute atomic E-state index is 12.5. The number of nitrogen functional groups attached to an aromatic ring is 1. The molecule has 1 aliphatic heterocycles. The first-order chi connectivity index (χ1) is 12.8. The number of nitrogens with two attached hydrogens (primary N) is 1. The third-order valence-electron chi connectivity index (χ3n) is 4.42. The second-order valence-electron chi connectivity index (χ2n) is 6.25. The average Bonchev–Trinajstić information content (AvgIpc) is 2.63. The Bertz CT molecular complexity index is 953. The number of halogens is 3. The van der Waals surface area contributed by atoms with Gasteiger partial charge in [-0.3, -0.25) is 4.79 Å². The van der Waals surface area contributed by atoms with Crippen molar-refractivity contribution in [3.05, 3.63) is 48.0 Å². The van der Waals surface area contributed by atoms with Crippen LogP contribution in [-0.2, 0) is 21.1 Å². The molecule has 1 amide bonds. The normalized spacial score (nSPS) is 13.6. The van der Waals surface area contributed by atoms with Crippen LogP contribution in [0.25, 0.3) is 0 Å². The maximum Gasteiger partial charge on any atom is 0.341 e. The number of benzene rings is 2. The van der Waals surface area contributed by atoms with Gasteiger partial charge in [0.25, 0.3) is 0 Å². The van der Waals surface area contributed by atoms with Crippen LogP contribution < -0.4 is 16.0 Å². The molecule has 2 aromatic carbocycles. The van der Waals surface area contributed by atoms with Crippen molar-refractivity contribution < 1.29 is 22.0 Å². The molecule has 28 heavy (non-hydrogen) atoms. The number of hydrogen-bond acceptors (Lipinski definition) is 5. The zero-order valence-corrected chi connectivity index (χ0v) is 16.4. The molecule has 0 aromatic heterocycles. The van der Waals surface area contributed by atoms with Crippen LogP contribution in [0, 0.1) is 0 Å². The van der Waals surface area contributed by atoms with Crippen molar-refractivity contribution in [1.82, 2.24) is 0 Å². The summed E-state index contributed by atoms with van der Waals surface area (Å²) < 4.78 is 47.9. The summed E-state index contributed by atoms with van der Waals surface area (Å²) in [7, 11) is -4.65. The molecule has 0 spiro atoms. The van der Waals surface area contributed by atoms with E-state index in [0.29, 0.717) is 11.4 Å². The van der Waals surface area contributed by atoms with Crippen molar-refractivity contribution in [1.29, 1.82) is 0 Å². The Morgan fingerprint density at radius 3 is 2.50 bits per heavy atom. The van der Waals surface area contributed by atoms with Crippen molar-refractivity contribution in [2.24, 2.45) is 0 Å². The number of nitrogens with one attached hydrogen (secondary N) is 1. The van der Waals surface area contributed by atoms with Crippen molar-refractivity contribution in [2.45, 2.75) is 23.5 Å². The summed E-state index contributed by atoms with van der Waals surface area (Å²) in [6.07, 6.45) is 1.74. The minimum absolute atomic E-state index is 0. The Hall–Kier alpha value is -2.39. The minimum Gasteiger partial charge on any atom is -0.398 e. The summed E-state index contributed by atoms with van der Waals surface area (Å²) in [6, 6.07) is 10.3. The lowest BCUT2D eigenvalue weighted by Gasteiger charge is -2.31. The van der Waals surface area contributed by atoms with Crippen molar-refractivity contribution in [2.75, 3.05) is 29.0 Å². The van der Waals surface area contributed by atoms with Gasteiger partial charge in [0.2, 0.25) is 15.7 Å². The third kappa shape index (κ3) is 4.53. The van der Waals surface area contributed by atoms with Gasteiger partial charge in [0.05, 0.1) is 11.4 Å². The van der Waals surface area contributed by atoms with Gasteiger partial charge in [-0.05, 0) is 54.8 Å². The SMILES string of the molecule is Cl.Nc1cccc2c1CCCN2CC(=O)Nc1ccc(S(=O)(=O)C(F)F)cc1. The summed E-state index contributed by atoms with van der Waals surface area (Å²) in [5, 5.41) is 2.65. The number of carbonyl (C=O) groups excluding carboxylic acids is 1. The third-order valence-corrected chi connectivity index (χ3v) is 5.82. The van der Waals surface area contributed by atoms with Gasteiger partial charge in [0.15, 0.2) is 0 Å². The van der Waals surface area contributed by atoms with Crippen molar-refractivity contribution >= 4 is 45.2 Å². The van der Waals surface area contributed by atoms with Gasteiger partial charge < -0.3 is 16.0 Å². The van der Waals surface area contributed by atoms with Crippen LogP contribution in [0.15, 0.2) is 47.4 Å². The molecular weight excluding hydrogens is 412 g/mol. The standard InChI is InChI=1S/C18H19F2N3O3S.ClH/c19-18(20)27(25,26)13-8-6-12(7-9-13)22-17(24)11-23-10-2-3-14-15(21)4-1-5-16(14)23;/h1,4-9,18H,2-3,10-11,21H2,(H,22,24);1H. The molecule has 0 saturated carbocycles. The molecule has 10 heteroatoms. The Morgan fingerprint density at radius 2 is 1.86 bits per heavy atom. The lowest BCUT2D eigenvalue weighted by Crippen LogP contribution is -2.37. The first-order valence-electron chi connectivity index (χ1n) is 8.33. The lowest BCUT2D eigenvalue weighted by atomic mass is 10.00. The number of nitrogens with zero attached hydrogens (tertiary/aromatic N) is 1. The van der Waals surface area contributed by atoms with Crippen LogP contribution in [0.3, 0.4) is 0 Å². The number of anilines is 3. The number of alkyl halides is 2. The van der Waals surface area contributed by atoms with Gasteiger partial charge in [-0.15, -0.1) is 12.4 Å². The second kappa shape index (κ2) is 8.74. The van der Waals surface area contributed by atoms with Gasteiger partial charge in [0, 0.05) is 23.6 Å². The molecule has 152 valence electrons. The zero-order valence-electron chi connectivity index (χ0n) is 14.8. The molecule has 3 N–H and O–H groups in total. The fourth-order valence-electron chi connectivity index (χ4n) is 3.10. The van der Waals surface area contributed by atoms with E-state index < -0.39 is 20.5 Å². The van der Waals surface area contributed by atoms with E-state index in [4.69, 9.17) is 5.73 Å². The number of sulfone groups is 1. The highest BCUT2D eigenvalue weighted by Gasteiger charge is 2.26. The summed E-state index contributed by atoms with van der Waals surface area (Å²) >= 11 is 0. The molecule has 0 atom stereocenters. The molecule has 3 rings (SSSR count). The highest BCUT2D eigenvalue weighted by atomic mass is 35.5. The smallest absolute Gasteiger partial charge is 0.341 e. The quantitative estimate of drug-likeness (QED) is 0.710. The Morgan fingerprint density at radius 1 is 1.18 bits per heavy atom. The van der Waals surface area contributed by atoms with Crippen molar-refractivity contribution in [3.8, 4) is 0 Å². The maximum atomic E-state index is 12.5. The van der Waals surface area contributed by atoms with E-state index in [-0.39, 0.29) is 24.9 Å². The molecule has 0 bridgehead atoms. The summed E-state index contributed by atoms with van der Waals surface area (Å²) in [4.78, 5) is 13.8. The van der Waals surface area contributed by atoms with Gasteiger partial charge in [-0.25, -0.2) is 8.42 Å². The number of amides is 1. The molecule has 1 heterocycles. The van der Waals surface area contributed by atoms with E-state index in [1.54, 1.807) is 0 Å². The monoisotopic (exact) mass is 431 g/mol. The molecule has 6 nitrogen and oxygen atoms in total. The molecule has 0 fully saturated rings. The van der Waals surface area contributed by atoms with Crippen molar-refractivity contribution in [3.63, 3.8) is 0 Å². The highest BCUT2D eigenvalue weighted by Crippen LogP contribution is 2.31. The Labute approximate surface area is 168 Å². The number of carbonyl (C=O) groups is 1. The average molecular weight is 432 g/mol. The van der Waals surface area contributed by atoms with E-state index >= 15 is 0 Å². The van der Waals surface area contributed by atoms with Gasteiger partial charge in [-0.1, -0.05) is 6.07 Å². The largest absolute Gasteiger partial charge is 0.398 e. The first-order valence-corrected chi connectivity index (χ1v) is 9.88. The number of rotatable bonds is 5. The first kappa shape index (κ1) is 21.9. The van der Waals surface area contributed by atoms with E-state index in [9.17, 15) is 22.0 Å². The number of hydrogen-bond donors (Lipinski definition) is 2. The molecule has 1 aliphatic rings. The van der Waals surface area contributed by atoms with Crippen LogP contribution in [0.4, 0.5) is 25.8 Å². The molecule has 2 aromatic rings. The topological polar surface area (TPSA) is 92.5 Å². The van der Waals surface area contributed by atoms with Crippen LogP contribution in [0.2, 0.25) is 0 Å². The molecule has 0 radical (unpaired) electrons. The van der Waals surface area contributed by atoms with Gasteiger partial charge in [-0.2, -0.15) is 8.78 Å². The fraction of sp³-hybridized carbons (Fsp3) is 0.278. The minimum atomic E-state index is -4.65. The summed E-state index contributed by atoms with van der Waals surface area (Å²) in [5.74, 6) is -3.78. The predicted molar refractivity (Wildman–Crippen MR) is 107 cm³/mol. The van der Waals surface area contributed by atoms with Crippen LogP contribution >= 0.6 is 12.4 Å². The second-order valence-corrected chi connectivity index (χ2v) is 8.17. The lowest BCUT2D eigenvalue weighted by molar-refractivity contribution is -0.115. The summed E-state index contributed by atoms with van der Waals surface area (Å²) in [6.45, 7) is 0.822. The van der Waals surface area contributed by atoms with Crippen LogP contribution in [0.5, 0.6) is 0 Å². The van der Waals surface area contributed by atoms with E-state index in [1.807, 2.05) is 23.1 Å². The molecule has 0 unspecified atom stereocenters. The van der Waals surface area contributed by atoms with Crippen LogP contribution in [0.1, 0.15) is 12.0 Å². The molecule has 0 aliphatic carbocycles. The predicted octanol–water partition coefficient (Wildman–Crippen LogP) is 3.08. The van der Waals surface area contributed by atoms with E-state index in [2.05, 4.69) is 5.32 Å². The van der Waals surface area contributed by atoms with Gasteiger partial charge in [0.1, 0.15) is 0 Å². The highest BCUT2D eigenvalue weighted by molar-refractivity contribution is 7.91. The summed E-state index contributed by atoms with van der Waals surface area (Å²) in [5.41, 5.74) is 8.98. The number of fused-ring (bicyclic) bond motifs is 1. The fourth-order valence-corrected chi connectivity index (χ4v) is 3.82. The Kier molecular flexibility index (Phi) is 6.84. The molecular formula is C18H20ClF2N3O3S. The molecule has 0 saturated heterocycles. The van der Waals surface area contributed by atoms with E-state index in [1.165, 1.54) is 12.1 Å². The zero-order chi connectivity index (χ0) is 19.6.